The number of likely N-dealkylation sites (N-methyl/N-ethyl adjacent to an activating group) is 1. The first-order valence-corrected chi connectivity index (χ1v) is 10.4. The average molecular weight is 382 g/mol. The maximum Gasteiger partial charge on any atom is 0.219 e. The molecular formula is C23H31N3O2. The fourth-order valence-electron chi connectivity index (χ4n) is 4.36. The molecule has 1 aromatic carbocycles. The second-order valence-corrected chi connectivity index (χ2v) is 8.32. The summed E-state index contributed by atoms with van der Waals surface area (Å²) in [6.07, 6.45) is 6.43. The quantitative estimate of drug-likeness (QED) is 0.786. The number of amides is 1. The van der Waals surface area contributed by atoms with Crippen molar-refractivity contribution in [3.63, 3.8) is 0 Å². The van der Waals surface area contributed by atoms with Crippen molar-refractivity contribution in [1.29, 1.82) is 0 Å². The van der Waals surface area contributed by atoms with Gasteiger partial charge >= 0.3 is 0 Å². The van der Waals surface area contributed by atoms with Crippen LogP contribution in [0.3, 0.4) is 0 Å². The van der Waals surface area contributed by atoms with E-state index in [1.54, 1.807) is 6.92 Å². The van der Waals surface area contributed by atoms with Crippen LogP contribution in [0.25, 0.3) is 0 Å². The summed E-state index contributed by atoms with van der Waals surface area (Å²) in [6, 6.07) is 8.73. The molecule has 0 N–H and O–H groups in total. The Morgan fingerprint density at radius 1 is 1.07 bits per heavy atom. The van der Waals surface area contributed by atoms with Gasteiger partial charge < -0.3 is 14.5 Å². The van der Waals surface area contributed by atoms with Gasteiger partial charge in [-0.1, -0.05) is 24.3 Å². The molecule has 0 atom stereocenters. The van der Waals surface area contributed by atoms with E-state index >= 15 is 0 Å². The van der Waals surface area contributed by atoms with Gasteiger partial charge in [-0.3, -0.25) is 9.69 Å². The van der Waals surface area contributed by atoms with Crippen LogP contribution in [0.1, 0.15) is 30.9 Å². The molecule has 1 aromatic rings. The highest BCUT2D eigenvalue weighted by molar-refractivity contribution is 5.73. The number of nitrogens with zero attached hydrogens (tertiary/aromatic N) is 3. The molecule has 1 saturated heterocycles. The minimum atomic E-state index is 0.190. The summed E-state index contributed by atoms with van der Waals surface area (Å²) in [5, 5.41) is 0. The summed E-state index contributed by atoms with van der Waals surface area (Å²) in [5.41, 5.74) is 4.25. The van der Waals surface area contributed by atoms with E-state index < -0.39 is 0 Å². The topological polar surface area (TPSA) is 36.0 Å². The van der Waals surface area contributed by atoms with Gasteiger partial charge in [-0.15, -0.1) is 0 Å². The van der Waals surface area contributed by atoms with Crippen molar-refractivity contribution in [2.75, 3.05) is 39.8 Å². The monoisotopic (exact) mass is 381 g/mol. The predicted molar refractivity (Wildman–Crippen MR) is 110 cm³/mol. The molecule has 0 saturated carbocycles. The molecule has 1 fully saturated rings. The lowest BCUT2D eigenvalue weighted by Gasteiger charge is -2.33. The zero-order chi connectivity index (χ0) is 19.5. The van der Waals surface area contributed by atoms with Crippen LogP contribution in [-0.2, 0) is 22.6 Å². The maximum absolute atomic E-state index is 11.4. The zero-order valence-electron chi connectivity index (χ0n) is 17.1. The van der Waals surface area contributed by atoms with E-state index in [2.05, 4.69) is 53.3 Å². The van der Waals surface area contributed by atoms with Gasteiger partial charge in [0.05, 0.1) is 13.2 Å². The fourth-order valence-corrected chi connectivity index (χ4v) is 4.36. The summed E-state index contributed by atoms with van der Waals surface area (Å²) < 4.78 is 6.12. The van der Waals surface area contributed by atoms with Crippen LogP contribution in [0.5, 0.6) is 0 Å². The third kappa shape index (κ3) is 4.41. The van der Waals surface area contributed by atoms with Crippen molar-refractivity contribution in [2.24, 2.45) is 5.92 Å². The van der Waals surface area contributed by atoms with Gasteiger partial charge in [0.2, 0.25) is 5.91 Å². The SMILES string of the molecule is CC(=O)N1CCC(COC2=CC=C(CN3Cc4ccccc4C3)N(C)C2)CC1. The van der Waals surface area contributed by atoms with Crippen molar-refractivity contribution in [3.8, 4) is 0 Å². The van der Waals surface area contributed by atoms with Crippen LogP contribution >= 0.6 is 0 Å². The number of allylic oxidation sites excluding steroid dienone is 2. The number of ether oxygens (including phenoxy) is 1. The van der Waals surface area contributed by atoms with Crippen LogP contribution < -0.4 is 0 Å². The van der Waals surface area contributed by atoms with Crippen molar-refractivity contribution in [1.82, 2.24) is 14.7 Å². The van der Waals surface area contributed by atoms with E-state index in [1.165, 1.54) is 16.8 Å². The number of likely N-dealkylation sites (tertiary alicyclic amines) is 1. The molecule has 0 radical (unpaired) electrons. The van der Waals surface area contributed by atoms with Gasteiger partial charge in [-0.2, -0.15) is 0 Å². The highest BCUT2D eigenvalue weighted by Crippen LogP contribution is 2.25. The minimum absolute atomic E-state index is 0.190. The molecule has 3 aliphatic rings. The van der Waals surface area contributed by atoms with E-state index in [9.17, 15) is 4.79 Å². The Labute approximate surface area is 168 Å². The van der Waals surface area contributed by atoms with E-state index in [0.717, 1.165) is 64.5 Å². The molecule has 3 heterocycles. The predicted octanol–water partition coefficient (Wildman–Crippen LogP) is 2.99. The lowest BCUT2D eigenvalue weighted by Crippen LogP contribution is -2.38. The molecule has 0 aliphatic carbocycles. The Bertz CT molecular complexity index is 753. The van der Waals surface area contributed by atoms with Crippen LogP contribution in [0, 0.1) is 5.92 Å². The smallest absolute Gasteiger partial charge is 0.219 e. The Morgan fingerprint density at radius 3 is 2.36 bits per heavy atom. The summed E-state index contributed by atoms with van der Waals surface area (Å²) >= 11 is 0. The molecule has 4 rings (SSSR count). The average Bonchev–Trinajstić information content (AvgIpc) is 3.11. The molecule has 150 valence electrons. The Hall–Kier alpha value is -2.27. The number of fused-ring (bicyclic) bond motifs is 1. The Balaban J connectivity index is 1.26. The van der Waals surface area contributed by atoms with Crippen LogP contribution in [0.15, 0.2) is 47.9 Å². The van der Waals surface area contributed by atoms with Crippen LogP contribution in [0.4, 0.5) is 0 Å². The third-order valence-corrected chi connectivity index (χ3v) is 6.20. The number of carbonyl (C=O) groups excluding carboxylic acids is 1. The lowest BCUT2D eigenvalue weighted by molar-refractivity contribution is -0.130. The minimum Gasteiger partial charge on any atom is -0.496 e. The third-order valence-electron chi connectivity index (χ3n) is 6.20. The standard InChI is InChI=1S/C23H31N3O2/c1-18(27)26-11-9-19(10-12-26)17-28-23-8-7-22(24(2)16-23)15-25-13-20-5-3-4-6-21(20)14-25/h3-8,19H,9-17H2,1-2H3. The van der Waals surface area contributed by atoms with Crippen LogP contribution in [0.2, 0.25) is 0 Å². The van der Waals surface area contributed by atoms with Gasteiger partial charge in [0, 0.05) is 52.4 Å². The summed E-state index contributed by atoms with van der Waals surface area (Å²) in [6.45, 7) is 8.02. The Kier molecular flexibility index (Phi) is 5.72. The first-order valence-electron chi connectivity index (χ1n) is 10.4. The maximum atomic E-state index is 11.4. The molecule has 5 nitrogen and oxygen atoms in total. The van der Waals surface area contributed by atoms with E-state index in [1.807, 2.05) is 4.90 Å². The summed E-state index contributed by atoms with van der Waals surface area (Å²) in [7, 11) is 2.15. The number of hydrogen-bond acceptors (Lipinski definition) is 4. The van der Waals surface area contributed by atoms with Crippen molar-refractivity contribution in [2.45, 2.75) is 32.9 Å². The summed E-state index contributed by atoms with van der Waals surface area (Å²) in [5.74, 6) is 1.79. The molecule has 1 amide bonds. The molecular weight excluding hydrogens is 350 g/mol. The van der Waals surface area contributed by atoms with E-state index in [4.69, 9.17) is 4.74 Å². The van der Waals surface area contributed by atoms with E-state index in [0.29, 0.717) is 5.92 Å². The van der Waals surface area contributed by atoms with Gasteiger partial charge in [-0.05, 0) is 42.0 Å². The normalized spacial score (nSPS) is 20.6. The number of piperidine rings is 1. The molecule has 0 bridgehead atoms. The first kappa shape index (κ1) is 19.1. The van der Waals surface area contributed by atoms with Crippen molar-refractivity contribution >= 4 is 5.91 Å². The number of carbonyl (C=O) groups is 1. The highest BCUT2D eigenvalue weighted by Gasteiger charge is 2.23. The van der Waals surface area contributed by atoms with Crippen LogP contribution in [-0.4, -0.2) is 60.4 Å². The summed E-state index contributed by atoms with van der Waals surface area (Å²) in [4.78, 5) is 18.2. The molecule has 5 heteroatoms. The molecule has 28 heavy (non-hydrogen) atoms. The first-order chi connectivity index (χ1) is 13.6. The van der Waals surface area contributed by atoms with Gasteiger partial charge in [0.15, 0.2) is 0 Å². The number of rotatable bonds is 5. The van der Waals surface area contributed by atoms with Gasteiger partial charge in [0.25, 0.3) is 0 Å². The highest BCUT2D eigenvalue weighted by atomic mass is 16.5. The lowest BCUT2D eigenvalue weighted by atomic mass is 9.98. The van der Waals surface area contributed by atoms with E-state index in [-0.39, 0.29) is 5.91 Å². The fraction of sp³-hybridized carbons (Fsp3) is 0.522. The molecule has 0 aromatic heterocycles. The number of benzene rings is 1. The Morgan fingerprint density at radius 2 is 1.75 bits per heavy atom. The second-order valence-electron chi connectivity index (χ2n) is 8.32. The van der Waals surface area contributed by atoms with Gasteiger partial charge in [-0.25, -0.2) is 0 Å². The molecule has 0 unspecified atom stereocenters. The second kappa shape index (κ2) is 8.39. The largest absolute Gasteiger partial charge is 0.496 e. The van der Waals surface area contributed by atoms with Crippen molar-refractivity contribution in [3.05, 3.63) is 59.0 Å². The van der Waals surface area contributed by atoms with Crippen molar-refractivity contribution < 1.29 is 9.53 Å². The zero-order valence-corrected chi connectivity index (χ0v) is 17.1. The molecule has 3 aliphatic heterocycles. The number of hydrogen-bond donors (Lipinski definition) is 0. The van der Waals surface area contributed by atoms with Gasteiger partial charge in [0.1, 0.15) is 5.76 Å². The molecule has 0 spiro atoms.